The van der Waals surface area contributed by atoms with Crippen molar-refractivity contribution in [3.8, 4) is 5.88 Å². The summed E-state index contributed by atoms with van der Waals surface area (Å²) in [5.41, 5.74) is 1.45. The second kappa shape index (κ2) is 6.84. The first-order valence-electron chi connectivity index (χ1n) is 7.94. The lowest BCUT2D eigenvalue weighted by Crippen LogP contribution is -2.26. The lowest BCUT2D eigenvalue weighted by molar-refractivity contribution is 0.259. The van der Waals surface area contributed by atoms with Crippen molar-refractivity contribution in [2.75, 3.05) is 11.9 Å². The van der Waals surface area contributed by atoms with Gasteiger partial charge in [0.15, 0.2) is 0 Å². The van der Waals surface area contributed by atoms with E-state index in [1.165, 1.54) is 0 Å². The number of aromatic amines is 1. The molecule has 0 saturated carbocycles. The van der Waals surface area contributed by atoms with Crippen LogP contribution in [-0.4, -0.2) is 39.0 Å². The molecule has 2 aromatic rings. The predicted octanol–water partition coefficient (Wildman–Crippen LogP) is 0.730. The van der Waals surface area contributed by atoms with E-state index in [-0.39, 0.29) is 18.5 Å². The van der Waals surface area contributed by atoms with E-state index in [1.807, 2.05) is 18.2 Å². The third kappa shape index (κ3) is 3.62. The molecular weight excluding hydrogens is 306 g/mol. The maximum absolute atomic E-state index is 10.0. The molecule has 0 bridgehead atoms. The largest absolute Gasteiger partial charge is 0.492 e. The van der Waals surface area contributed by atoms with Crippen molar-refractivity contribution in [1.82, 2.24) is 9.97 Å². The van der Waals surface area contributed by atoms with Crippen LogP contribution < -0.4 is 15.9 Å². The number of aliphatic hydroxyl groups excluding tert-OH is 1. The molecule has 24 heavy (non-hydrogen) atoms. The summed E-state index contributed by atoms with van der Waals surface area (Å²) in [6.07, 6.45) is 4.31. The highest BCUT2D eigenvalue weighted by atomic mass is 16.3. The van der Waals surface area contributed by atoms with E-state index in [4.69, 9.17) is 0 Å². The first-order valence-corrected chi connectivity index (χ1v) is 7.94. The van der Waals surface area contributed by atoms with Gasteiger partial charge >= 0.3 is 0 Å². The molecule has 0 fully saturated rings. The van der Waals surface area contributed by atoms with Crippen molar-refractivity contribution in [2.24, 2.45) is 16.1 Å². The lowest BCUT2D eigenvalue weighted by atomic mass is 10.0. The molecule has 1 aliphatic rings. The van der Waals surface area contributed by atoms with Gasteiger partial charge < -0.3 is 20.5 Å². The maximum atomic E-state index is 10.0. The molecule has 1 atom stereocenters. The molecule has 1 aromatic carbocycles. The van der Waals surface area contributed by atoms with E-state index in [1.54, 1.807) is 12.3 Å². The molecule has 7 nitrogen and oxygen atoms in total. The summed E-state index contributed by atoms with van der Waals surface area (Å²) in [6.45, 7) is 4.19. The number of imidazole rings is 1. The molecule has 0 radical (unpaired) electrons. The number of benzene rings is 1. The molecule has 1 aromatic heterocycles. The third-order valence-electron chi connectivity index (χ3n) is 3.75. The predicted molar refractivity (Wildman–Crippen MR) is 92.6 cm³/mol. The topological polar surface area (TPSA) is 106 Å². The van der Waals surface area contributed by atoms with E-state index >= 15 is 0 Å². The van der Waals surface area contributed by atoms with Gasteiger partial charge in [-0.3, -0.25) is 0 Å². The Kier molecular flexibility index (Phi) is 4.61. The Labute approximate surface area is 139 Å². The minimum Gasteiger partial charge on any atom is -0.492 e. The van der Waals surface area contributed by atoms with Gasteiger partial charge in [-0.25, -0.2) is 0 Å². The molecule has 126 valence electrons. The normalized spacial score (nSPS) is 14.8. The molecule has 0 spiro atoms. The summed E-state index contributed by atoms with van der Waals surface area (Å²) in [6, 6.07) is 5.62. The van der Waals surface area contributed by atoms with E-state index in [9.17, 15) is 10.2 Å². The zero-order valence-corrected chi connectivity index (χ0v) is 13.7. The minimum absolute atomic E-state index is 0.00630. The molecule has 2 heterocycles. The zero-order chi connectivity index (χ0) is 17.1. The second-order valence-electron chi connectivity index (χ2n) is 6.28. The molecule has 0 amide bonds. The Morgan fingerprint density at radius 2 is 2.17 bits per heavy atom. The van der Waals surface area contributed by atoms with Crippen molar-refractivity contribution in [3.05, 3.63) is 40.0 Å². The quantitative estimate of drug-likeness (QED) is 0.627. The zero-order valence-electron chi connectivity index (χ0n) is 13.7. The summed E-state index contributed by atoms with van der Waals surface area (Å²) < 4.78 is 0. The van der Waals surface area contributed by atoms with Crippen molar-refractivity contribution in [3.63, 3.8) is 0 Å². The van der Waals surface area contributed by atoms with Gasteiger partial charge in [0.25, 0.3) is 0 Å². The number of anilines is 1. The SMILES string of the molecule is CC(C)C[C@H](CO)Nc1nc(O)c(/C=c2\ccc3c(c2)C=NN=3)[nH]1. The van der Waals surface area contributed by atoms with Gasteiger partial charge in [-0.1, -0.05) is 19.9 Å². The van der Waals surface area contributed by atoms with Gasteiger partial charge in [0.2, 0.25) is 11.8 Å². The average Bonchev–Trinajstić information content (AvgIpc) is 3.12. The molecular formula is C17H21N5O2. The number of hydrogen-bond donors (Lipinski definition) is 4. The minimum atomic E-state index is -0.110. The number of H-pyrrole nitrogens is 1. The summed E-state index contributed by atoms with van der Waals surface area (Å²) in [5.74, 6) is 0.802. The molecule has 4 N–H and O–H groups in total. The van der Waals surface area contributed by atoms with Crippen LogP contribution in [-0.2, 0) is 0 Å². The Morgan fingerprint density at radius 3 is 2.92 bits per heavy atom. The third-order valence-corrected chi connectivity index (χ3v) is 3.75. The van der Waals surface area contributed by atoms with Crippen LogP contribution in [0.4, 0.5) is 5.95 Å². The fourth-order valence-corrected chi connectivity index (χ4v) is 2.67. The first kappa shape index (κ1) is 16.2. The maximum Gasteiger partial charge on any atom is 0.238 e. The first-order chi connectivity index (χ1) is 11.5. The molecule has 0 unspecified atom stereocenters. The standard InChI is InChI=1S/C17H21N5O2/c1-10(2)5-13(9-23)19-17-20-15(16(24)21-17)7-11-3-4-14-12(6-11)8-18-22-14/h3-4,6-8,10,13,23-24H,5,9H2,1-2H3,(H2,19,20,21)/b11-7+/t13-/m1/s1. The number of nitrogens with one attached hydrogen (secondary N) is 2. The van der Waals surface area contributed by atoms with Crippen molar-refractivity contribution in [1.29, 1.82) is 0 Å². The average molecular weight is 327 g/mol. The fraction of sp³-hybridized carbons (Fsp3) is 0.353. The van der Waals surface area contributed by atoms with Gasteiger partial charge in [-0.2, -0.15) is 15.2 Å². The van der Waals surface area contributed by atoms with Crippen LogP contribution in [0.3, 0.4) is 0 Å². The van der Waals surface area contributed by atoms with Crippen molar-refractivity contribution in [2.45, 2.75) is 26.3 Å². The van der Waals surface area contributed by atoms with Gasteiger partial charge in [-0.15, -0.1) is 0 Å². The number of rotatable bonds is 6. The van der Waals surface area contributed by atoms with Crippen molar-refractivity contribution >= 4 is 18.2 Å². The Hall–Kier alpha value is -2.67. The number of aliphatic hydroxyl groups is 1. The highest BCUT2D eigenvalue weighted by molar-refractivity contribution is 5.80. The van der Waals surface area contributed by atoms with Gasteiger partial charge in [0, 0.05) is 5.56 Å². The Morgan fingerprint density at radius 1 is 1.33 bits per heavy atom. The molecule has 3 rings (SSSR count). The highest BCUT2D eigenvalue weighted by Crippen LogP contribution is 2.18. The monoisotopic (exact) mass is 327 g/mol. The van der Waals surface area contributed by atoms with Crippen LogP contribution >= 0.6 is 0 Å². The van der Waals surface area contributed by atoms with Crippen molar-refractivity contribution < 1.29 is 10.2 Å². The Balaban J connectivity index is 1.83. The van der Waals surface area contributed by atoms with Crippen LogP contribution in [0.1, 0.15) is 31.5 Å². The summed E-state index contributed by atoms with van der Waals surface area (Å²) in [4.78, 5) is 7.12. The summed E-state index contributed by atoms with van der Waals surface area (Å²) >= 11 is 0. The van der Waals surface area contributed by atoms with Gasteiger partial charge in [0.1, 0.15) is 5.69 Å². The molecule has 7 heteroatoms. The Bertz CT molecular complexity index is 870. The number of fused-ring (bicyclic) bond motifs is 1. The summed E-state index contributed by atoms with van der Waals surface area (Å²) in [5, 5.41) is 32.2. The van der Waals surface area contributed by atoms with Crippen LogP contribution in [0, 0.1) is 5.92 Å². The number of aromatic hydroxyl groups is 1. The van der Waals surface area contributed by atoms with Gasteiger partial charge in [-0.05, 0) is 35.8 Å². The number of hydrogen-bond acceptors (Lipinski definition) is 6. The molecule has 0 saturated heterocycles. The fourth-order valence-electron chi connectivity index (χ4n) is 2.67. The molecule has 1 aliphatic heterocycles. The van der Waals surface area contributed by atoms with E-state index < -0.39 is 0 Å². The smallest absolute Gasteiger partial charge is 0.238 e. The summed E-state index contributed by atoms with van der Waals surface area (Å²) in [7, 11) is 0. The van der Waals surface area contributed by atoms with Crippen LogP contribution in [0.15, 0.2) is 28.4 Å². The highest BCUT2D eigenvalue weighted by Gasteiger charge is 2.13. The van der Waals surface area contributed by atoms with Crippen LogP contribution in [0.25, 0.3) is 6.08 Å². The number of nitrogens with zero attached hydrogens (tertiary/aromatic N) is 3. The van der Waals surface area contributed by atoms with Gasteiger partial charge in [0.05, 0.1) is 24.2 Å². The van der Waals surface area contributed by atoms with E-state index in [0.717, 1.165) is 22.6 Å². The number of aromatic nitrogens is 2. The van der Waals surface area contributed by atoms with Crippen LogP contribution in [0.2, 0.25) is 0 Å². The van der Waals surface area contributed by atoms with E-state index in [0.29, 0.717) is 17.6 Å². The van der Waals surface area contributed by atoms with E-state index in [2.05, 4.69) is 39.3 Å². The second-order valence-corrected chi connectivity index (χ2v) is 6.28. The molecule has 0 aliphatic carbocycles. The lowest BCUT2D eigenvalue weighted by Gasteiger charge is -2.17. The van der Waals surface area contributed by atoms with Crippen LogP contribution in [0.5, 0.6) is 5.88 Å².